The van der Waals surface area contributed by atoms with Gasteiger partial charge < -0.3 is 9.73 Å². The minimum atomic E-state index is 0.661. The number of thiophene rings is 1. The summed E-state index contributed by atoms with van der Waals surface area (Å²) in [4.78, 5) is 1.47. The molecule has 0 saturated carbocycles. The molecule has 3 heteroatoms. The minimum Gasteiger partial charge on any atom is -0.468 e. The van der Waals surface area contributed by atoms with Gasteiger partial charge in [0.05, 0.1) is 12.8 Å². The third kappa shape index (κ3) is 3.51. The molecule has 1 N–H and O–H groups in total. The van der Waals surface area contributed by atoms with E-state index in [1.54, 1.807) is 6.26 Å². The first-order valence-electron chi connectivity index (χ1n) is 5.60. The standard InChI is InChI=1S/C13H17NOS/c1-11(8-13-5-3-7-16-13)9-14-10-12-4-2-6-15-12/h2-7,11,14H,8-10H2,1H3. The molecule has 0 aliphatic heterocycles. The Morgan fingerprint density at radius 2 is 2.31 bits per heavy atom. The normalized spacial score (nSPS) is 12.8. The second kappa shape index (κ2) is 5.87. The van der Waals surface area contributed by atoms with Crippen LogP contribution in [0.3, 0.4) is 0 Å². The van der Waals surface area contributed by atoms with E-state index in [1.807, 2.05) is 23.5 Å². The van der Waals surface area contributed by atoms with E-state index in [4.69, 9.17) is 4.42 Å². The highest BCUT2D eigenvalue weighted by atomic mass is 32.1. The number of hydrogen-bond donors (Lipinski definition) is 1. The number of rotatable bonds is 6. The van der Waals surface area contributed by atoms with Crippen LogP contribution in [0.5, 0.6) is 0 Å². The van der Waals surface area contributed by atoms with Crippen molar-refractivity contribution in [2.75, 3.05) is 6.54 Å². The van der Waals surface area contributed by atoms with Gasteiger partial charge in [-0.25, -0.2) is 0 Å². The molecule has 86 valence electrons. The number of hydrogen-bond acceptors (Lipinski definition) is 3. The first-order chi connectivity index (χ1) is 7.84. The lowest BCUT2D eigenvalue weighted by molar-refractivity contribution is 0.453. The molecule has 2 aromatic heterocycles. The molecule has 16 heavy (non-hydrogen) atoms. The molecule has 0 radical (unpaired) electrons. The molecule has 2 nitrogen and oxygen atoms in total. The molecule has 0 aromatic carbocycles. The Balaban J connectivity index is 1.66. The maximum Gasteiger partial charge on any atom is 0.117 e. The molecular weight excluding hydrogens is 218 g/mol. The first-order valence-corrected chi connectivity index (χ1v) is 6.48. The summed E-state index contributed by atoms with van der Waals surface area (Å²) in [6.45, 7) is 4.12. The van der Waals surface area contributed by atoms with Crippen molar-refractivity contribution in [2.24, 2.45) is 5.92 Å². The van der Waals surface area contributed by atoms with Crippen molar-refractivity contribution in [1.82, 2.24) is 5.32 Å². The highest BCUT2D eigenvalue weighted by molar-refractivity contribution is 7.09. The van der Waals surface area contributed by atoms with Crippen molar-refractivity contribution in [2.45, 2.75) is 19.9 Å². The highest BCUT2D eigenvalue weighted by Gasteiger charge is 2.04. The van der Waals surface area contributed by atoms with Gasteiger partial charge in [0.25, 0.3) is 0 Å². The van der Waals surface area contributed by atoms with E-state index in [9.17, 15) is 0 Å². The minimum absolute atomic E-state index is 0.661. The SMILES string of the molecule is CC(CNCc1ccco1)Cc1cccs1. The molecule has 0 bridgehead atoms. The molecule has 0 spiro atoms. The van der Waals surface area contributed by atoms with E-state index in [-0.39, 0.29) is 0 Å². The third-order valence-corrected chi connectivity index (χ3v) is 3.40. The zero-order valence-corrected chi connectivity index (χ0v) is 10.3. The van der Waals surface area contributed by atoms with Crippen molar-refractivity contribution < 1.29 is 4.42 Å². The lowest BCUT2D eigenvalue weighted by atomic mass is 10.1. The smallest absolute Gasteiger partial charge is 0.117 e. The van der Waals surface area contributed by atoms with E-state index in [2.05, 4.69) is 29.8 Å². The quantitative estimate of drug-likeness (QED) is 0.831. The van der Waals surface area contributed by atoms with Crippen molar-refractivity contribution >= 4 is 11.3 Å². The maximum atomic E-state index is 5.26. The molecule has 0 aliphatic rings. The van der Waals surface area contributed by atoms with Crippen LogP contribution >= 0.6 is 11.3 Å². The lowest BCUT2D eigenvalue weighted by Gasteiger charge is -2.10. The zero-order chi connectivity index (χ0) is 11.2. The molecule has 2 heterocycles. The molecule has 1 unspecified atom stereocenters. The Bertz CT molecular complexity index is 380. The van der Waals surface area contributed by atoms with Crippen LogP contribution in [-0.4, -0.2) is 6.54 Å². The van der Waals surface area contributed by atoms with Crippen LogP contribution in [0.25, 0.3) is 0 Å². The van der Waals surface area contributed by atoms with Crippen molar-refractivity contribution in [1.29, 1.82) is 0 Å². The average Bonchev–Trinajstić information content (AvgIpc) is 2.90. The van der Waals surface area contributed by atoms with Crippen molar-refractivity contribution in [3.8, 4) is 0 Å². The second-order valence-electron chi connectivity index (χ2n) is 4.10. The van der Waals surface area contributed by atoms with Gasteiger partial charge in [-0.3, -0.25) is 0 Å². The largest absolute Gasteiger partial charge is 0.468 e. The predicted octanol–water partition coefficient (Wildman–Crippen LogP) is 3.31. The fourth-order valence-corrected chi connectivity index (χ4v) is 2.57. The Morgan fingerprint density at radius 3 is 3.00 bits per heavy atom. The lowest BCUT2D eigenvalue weighted by Crippen LogP contribution is -2.21. The fraction of sp³-hybridized carbons (Fsp3) is 0.385. The summed E-state index contributed by atoms with van der Waals surface area (Å²) >= 11 is 1.84. The van der Waals surface area contributed by atoms with Gasteiger partial charge in [-0.15, -0.1) is 11.3 Å². The van der Waals surface area contributed by atoms with Gasteiger partial charge in [-0.2, -0.15) is 0 Å². The van der Waals surface area contributed by atoms with Gasteiger partial charge in [-0.05, 0) is 42.5 Å². The van der Waals surface area contributed by atoms with Crippen LogP contribution in [0.15, 0.2) is 40.3 Å². The Labute approximate surface area is 100 Å². The van der Waals surface area contributed by atoms with Gasteiger partial charge >= 0.3 is 0 Å². The summed E-state index contributed by atoms with van der Waals surface area (Å²) < 4.78 is 5.26. The molecule has 2 rings (SSSR count). The second-order valence-corrected chi connectivity index (χ2v) is 5.13. The van der Waals surface area contributed by atoms with Crippen LogP contribution < -0.4 is 5.32 Å². The molecule has 2 aromatic rings. The Hall–Kier alpha value is -1.06. The van der Waals surface area contributed by atoms with Crippen LogP contribution in [0.1, 0.15) is 17.6 Å². The highest BCUT2D eigenvalue weighted by Crippen LogP contribution is 2.13. The van der Waals surface area contributed by atoms with Gasteiger partial charge in [0.2, 0.25) is 0 Å². The predicted molar refractivity (Wildman–Crippen MR) is 67.6 cm³/mol. The van der Waals surface area contributed by atoms with E-state index < -0.39 is 0 Å². The van der Waals surface area contributed by atoms with E-state index in [1.165, 1.54) is 4.88 Å². The number of furan rings is 1. The molecule has 0 saturated heterocycles. The Morgan fingerprint density at radius 1 is 1.38 bits per heavy atom. The molecule has 0 aliphatic carbocycles. The maximum absolute atomic E-state index is 5.26. The van der Waals surface area contributed by atoms with Crippen LogP contribution in [0, 0.1) is 5.92 Å². The van der Waals surface area contributed by atoms with Crippen LogP contribution in [0.2, 0.25) is 0 Å². The van der Waals surface area contributed by atoms with Gasteiger partial charge in [0.15, 0.2) is 0 Å². The zero-order valence-electron chi connectivity index (χ0n) is 9.48. The fourth-order valence-electron chi connectivity index (χ4n) is 1.70. The van der Waals surface area contributed by atoms with Gasteiger partial charge in [0.1, 0.15) is 5.76 Å². The van der Waals surface area contributed by atoms with Gasteiger partial charge in [-0.1, -0.05) is 13.0 Å². The van der Waals surface area contributed by atoms with Crippen LogP contribution in [0.4, 0.5) is 0 Å². The first kappa shape index (κ1) is 11.4. The summed E-state index contributed by atoms with van der Waals surface area (Å²) in [6.07, 6.45) is 2.87. The summed E-state index contributed by atoms with van der Waals surface area (Å²) in [5.74, 6) is 1.66. The van der Waals surface area contributed by atoms with Crippen LogP contribution in [-0.2, 0) is 13.0 Å². The molecule has 0 fully saturated rings. The van der Waals surface area contributed by atoms with Crippen molar-refractivity contribution in [3.63, 3.8) is 0 Å². The summed E-state index contributed by atoms with van der Waals surface area (Å²) in [5.41, 5.74) is 0. The Kier molecular flexibility index (Phi) is 4.19. The van der Waals surface area contributed by atoms with E-state index >= 15 is 0 Å². The monoisotopic (exact) mass is 235 g/mol. The van der Waals surface area contributed by atoms with E-state index in [0.29, 0.717) is 5.92 Å². The topological polar surface area (TPSA) is 25.2 Å². The van der Waals surface area contributed by atoms with Gasteiger partial charge in [0, 0.05) is 4.88 Å². The molecule has 0 amide bonds. The summed E-state index contributed by atoms with van der Waals surface area (Å²) in [6, 6.07) is 8.24. The third-order valence-electron chi connectivity index (χ3n) is 2.50. The molecular formula is C13H17NOS. The molecule has 1 atom stereocenters. The van der Waals surface area contributed by atoms with E-state index in [0.717, 1.165) is 25.3 Å². The van der Waals surface area contributed by atoms with Crippen molar-refractivity contribution in [3.05, 3.63) is 46.5 Å². The summed E-state index contributed by atoms with van der Waals surface area (Å²) in [7, 11) is 0. The summed E-state index contributed by atoms with van der Waals surface area (Å²) in [5, 5.41) is 5.55. The number of nitrogens with one attached hydrogen (secondary N) is 1. The average molecular weight is 235 g/mol.